The largest absolute Gasteiger partial charge is 0.197 e. The van der Waals surface area contributed by atoms with Crippen molar-refractivity contribution in [1.29, 1.82) is 5.26 Å². The van der Waals surface area contributed by atoms with Gasteiger partial charge < -0.3 is 0 Å². The van der Waals surface area contributed by atoms with E-state index >= 15 is 0 Å². The van der Waals surface area contributed by atoms with Gasteiger partial charge in [-0.2, -0.15) is 5.26 Å². The van der Waals surface area contributed by atoms with Gasteiger partial charge in [-0.05, 0) is 26.3 Å². The van der Waals surface area contributed by atoms with Crippen LogP contribution in [0.15, 0.2) is 36.5 Å². The van der Waals surface area contributed by atoms with Crippen LogP contribution >= 0.6 is 0 Å². The molecule has 0 saturated carbocycles. The predicted molar refractivity (Wildman–Crippen MR) is 52.5 cm³/mol. The summed E-state index contributed by atoms with van der Waals surface area (Å²) in [5.41, 5.74) is 1.38. The molecule has 0 aromatic carbocycles. The Morgan fingerprint density at radius 2 is 2.00 bits per heavy atom. The van der Waals surface area contributed by atoms with Crippen molar-refractivity contribution in [3.63, 3.8) is 0 Å². The molecule has 12 heavy (non-hydrogen) atoms. The highest BCUT2D eigenvalue weighted by molar-refractivity contribution is 5.35. The van der Waals surface area contributed by atoms with Gasteiger partial charge in [-0.25, -0.2) is 0 Å². The second kappa shape index (κ2) is 3.92. The number of nitriles is 1. The van der Waals surface area contributed by atoms with Crippen molar-refractivity contribution in [3.8, 4) is 6.07 Å². The fourth-order valence-electron chi connectivity index (χ4n) is 0.825. The van der Waals surface area contributed by atoms with Crippen molar-refractivity contribution in [2.75, 3.05) is 0 Å². The quantitative estimate of drug-likeness (QED) is 0.583. The van der Waals surface area contributed by atoms with Crippen molar-refractivity contribution >= 4 is 0 Å². The molecular formula is C11H15N. The Balaban J connectivity index is 4.95. The fraction of sp³-hybridized carbons (Fsp3) is 0.364. The fourth-order valence-corrected chi connectivity index (χ4v) is 0.825. The molecule has 0 radical (unpaired) electrons. The highest BCUT2D eigenvalue weighted by atomic mass is 14.3. The Bertz CT molecular complexity index is 261. The Morgan fingerprint density at radius 1 is 1.50 bits per heavy atom. The molecule has 0 aromatic heterocycles. The van der Waals surface area contributed by atoms with Gasteiger partial charge in [0.25, 0.3) is 0 Å². The SMILES string of the molecule is C=C/C(=C\C(=C)C)C(C)(C)C#N. The summed E-state index contributed by atoms with van der Waals surface area (Å²) in [4.78, 5) is 0. The zero-order chi connectivity index (χ0) is 9.78. The Morgan fingerprint density at radius 3 is 2.25 bits per heavy atom. The standard InChI is InChI=1S/C11H15N/c1-6-10(7-9(2)3)11(4,5)8-12/h6-7H,1-2H2,3-5H3/b10-7+. The summed E-state index contributed by atoms with van der Waals surface area (Å²) in [6.45, 7) is 13.1. The molecule has 0 aliphatic rings. The van der Waals surface area contributed by atoms with E-state index in [0.717, 1.165) is 11.1 Å². The Labute approximate surface area is 74.7 Å². The summed E-state index contributed by atoms with van der Waals surface area (Å²) in [6.07, 6.45) is 3.59. The number of hydrogen-bond acceptors (Lipinski definition) is 1. The molecule has 0 fully saturated rings. The third-order valence-corrected chi connectivity index (χ3v) is 1.62. The Hall–Kier alpha value is -1.29. The molecule has 0 N–H and O–H groups in total. The summed E-state index contributed by atoms with van der Waals surface area (Å²) in [5, 5.41) is 8.84. The highest BCUT2D eigenvalue weighted by Crippen LogP contribution is 2.26. The normalized spacial score (nSPS) is 12.0. The Kier molecular flexibility index (Phi) is 3.50. The zero-order valence-corrected chi connectivity index (χ0v) is 8.02. The van der Waals surface area contributed by atoms with Gasteiger partial charge in [0.2, 0.25) is 0 Å². The van der Waals surface area contributed by atoms with E-state index in [1.54, 1.807) is 6.08 Å². The topological polar surface area (TPSA) is 23.8 Å². The van der Waals surface area contributed by atoms with E-state index in [4.69, 9.17) is 5.26 Å². The first-order chi connectivity index (χ1) is 5.44. The smallest absolute Gasteiger partial charge is 0.0766 e. The van der Waals surface area contributed by atoms with Crippen molar-refractivity contribution in [2.24, 2.45) is 5.41 Å². The van der Waals surface area contributed by atoms with Gasteiger partial charge in [-0.1, -0.05) is 30.9 Å². The van der Waals surface area contributed by atoms with E-state index in [2.05, 4.69) is 19.2 Å². The van der Waals surface area contributed by atoms with Crippen molar-refractivity contribution in [2.45, 2.75) is 20.8 Å². The van der Waals surface area contributed by atoms with Gasteiger partial charge in [-0.3, -0.25) is 0 Å². The first-order valence-electron chi connectivity index (χ1n) is 3.85. The maximum absolute atomic E-state index is 8.84. The highest BCUT2D eigenvalue weighted by Gasteiger charge is 2.19. The van der Waals surface area contributed by atoms with Gasteiger partial charge >= 0.3 is 0 Å². The molecule has 0 spiro atoms. The summed E-state index contributed by atoms with van der Waals surface area (Å²) >= 11 is 0. The summed E-state index contributed by atoms with van der Waals surface area (Å²) < 4.78 is 0. The van der Waals surface area contributed by atoms with Crippen molar-refractivity contribution in [3.05, 3.63) is 36.5 Å². The van der Waals surface area contributed by atoms with Crippen LogP contribution in [0.1, 0.15) is 20.8 Å². The number of rotatable bonds is 3. The molecule has 0 atom stereocenters. The first-order valence-corrected chi connectivity index (χ1v) is 3.85. The molecule has 64 valence electrons. The number of allylic oxidation sites excluding steroid dienone is 4. The summed E-state index contributed by atoms with van der Waals surface area (Å²) in [7, 11) is 0. The predicted octanol–water partition coefficient (Wildman–Crippen LogP) is 3.22. The van der Waals surface area contributed by atoms with Crippen LogP contribution in [0.5, 0.6) is 0 Å². The molecule has 1 heteroatoms. The van der Waals surface area contributed by atoms with E-state index in [0.29, 0.717) is 0 Å². The number of hydrogen-bond donors (Lipinski definition) is 0. The summed E-state index contributed by atoms with van der Waals surface area (Å²) in [5.74, 6) is 0. The van der Waals surface area contributed by atoms with Crippen LogP contribution in [0.3, 0.4) is 0 Å². The molecule has 0 heterocycles. The van der Waals surface area contributed by atoms with Crippen LogP contribution in [-0.2, 0) is 0 Å². The van der Waals surface area contributed by atoms with Crippen molar-refractivity contribution < 1.29 is 0 Å². The minimum atomic E-state index is -0.472. The van der Waals surface area contributed by atoms with Gasteiger partial charge in [-0.15, -0.1) is 0 Å². The van der Waals surface area contributed by atoms with Gasteiger partial charge in [0.15, 0.2) is 0 Å². The molecule has 0 saturated heterocycles. The average molecular weight is 161 g/mol. The van der Waals surface area contributed by atoms with Crippen LogP contribution in [0.4, 0.5) is 0 Å². The third kappa shape index (κ3) is 2.75. The second-order valence-corrected chi connectivity index (χ2v) is 3.39. The second-order valence-electron chi connectivity index (χ2n) is 3.39. The van der Waals surface area contributed by atoms with E-state index in [9.17, 15) is 0 Å². The molecule has 0 aromatic rings. The third-order valence-electron chi connectivity index (χ3n) is 1.62. The lowest BCUT2D eigenvalue weighted by atomic mass is 9.85. The van der Waals surface area contributed by atoms with E-state index in [1.165, 1.54) is 0 Å². The molecule has 0 aliphatic heterocycles. The zero-order valence-electron chi connectivity index (χ0n) is 8.02. The molecule has 0 rings (SSSR count). The monoisotopic (exact) mass is 161 g/mol. The van der Waals surface area contributed by atoms with Crippen LogP contribution < -0.4 is 0 Å². The van der Waals surface area contributed by atoms with Crippen molar-refractivity contribution in [1.82, 2.24) is 0 Å². The van der Waals surface area contributed by atoms with Crippen LogP contribution in [0.25, 0.3) is 0 Å². The average Bonchev–Trinajstić information content (AvgIpc) is 1.99. The number of nitrogens with zero attached hydrogens (tertiary/aromatic N) is 1. The first kappa shape index (κ1) is 10.7. The molecule has 0 amide bonds. The van der Waals surface area contributed by atoms with E-state index in [1.807, 2.05) is 26.8 Å². The summed E-state index contributed by atoms with van der Waals surface area (Å²) in [6, 6.07) is 2.22. The van der Waals surface area contributed by atoms with Crippen LogP contribution in [0, 0.1) is 16.7 Å². The maximum Gasteiger partial charge on any atom is 0.0766 e. The lowest BCUT2D eigenvalue weighted by Crippen LogP contribution is -2.10. The van der Waals surface area contributed by atoms with Gasteiger partial charge in [0.05, 0.1) is 11.5 Å². The molecule has 1 nitrogen and oxygen atoms in total. The molecule has 0 bridgehead atoms. The van der Waals surface area contributed by atoms with Crippen LogP contribution in [0.2, 0.25) is 0 Å². The van der Waals surface area contributed by atoms with E-state index < -0.39 is 5.41 Å². The van der Waals surface area contributed by atoms with Gasteiger partial charge in [0.1, 0.15) is 0 Å². The maximum atomic E-state index is 8.84. The molecule has 0 unspecified atom stereocenters. The molecule has 0 aliphatic carbocycles. The van der Waals surface area contributed by atoms with Crippen LogP contribution in [-0.4, -0.2) is 0 Å². The molecular weight excluding hydrogens is 146 g/mol. The van der Waals surface area contributed by atoms with E-state index in [-0.39, 0.29) is 0 Å². The lowest BCUT2D eigenvalue weighted by molar-refractivity contribution is 0.612. The minimum Gasteiger partial charge on any atom is -0.197 e. The minimum absolute atomic E-state index is 0.472. The lowest BCUT2D eigenvalue weighted by Gasteiger charge is -2.16. The van der Waals surface area contributed by atoms with Gasteiger partial charge in [0, 0.05) is 0 Å².